The second-order valence-corrected chi connectivity index (χ2v) is 6.14. The van der Waals surface area contributed by atoms with Crippen LogP contribution >= 0.6 is 0 Å². The number of hydrogen-bond acceptors (Lipinski definition) is 5. The van der Waals surface area contributed by atoms with E-state index in [1.54, 1.807) is 28.4 Å². The predicted molar refractivity (Wildman–Crippen MR) is 106 cm³/mol. The van der Waals surface area contributed by atoms with Gasteiger partial charge in [0, 0.05) is 10.5 Å². The first-order valence-corrected chi connectivity index (χ1v) is 9.00. The molecule has 7 nitrogen and oxygen atoms in total. The molecule has 0 aliphatic carbocycles. The summed E-state index contributed by atoms with van der Waals surface area (Å²) in [5, 5.41) is 5.52. The first kappa shape index (κ1) is 20.5. The number of nitrogens with zero attached hydrogens (tertiary/aromatic N) is 3. The van der Waals surface area contributed by atoms with Crippen molar-refractivity contribution in [3.05, 3.63) is 34.2 Å². The fourth-order valence-electron chi connectivity index (χ4n) is 3.35. The lowest BCUT2D eigenvalue weighted by Gasteiger charge is -2.21. The van der Waals surface area contributed by atoms with E-state index in [9.17, 15) is 0 Å². The predicted octanol–water partition coefficient (Wildman–Crippen LogP) is 5.81. The van der Waals surface area contributed by atoms with Gasteiger partial charge in [0.2, 0.25) is 0 Å². The summed E-state index contributed by atoms with van der Waals surface area (Å²) in [6, 6.07) is 5.17. The van der Waals surface area contributed by atoms with Gasteiger partial charge in [-0.25, -0.2) is 0 Å². The van der Waals surface area contributed by atoms with Crippen LogP contribution in [-0.4, -0.2) is 28.4 Å². The maximum atomic E-state index is 9.08. The lowest BCUT2D eigenvalue weighted by atomic mass is 9.95. The van der Waals surface area contributed by atoms with Gasteiger partial charge >= 0.3 is 0 Å². The van der Waals surface area contributed by atoms with Crippen LogP contribution in [0.5, 0.6) is 23.0 Å². The zero-order valence-electron chi connectivity index (χ0n) is 16.6. The van der Waals surface area contributed by atoms with Crippen molar-refractivity contribution in [2.24, 2.45) is 5.11 Å². The molecule has 0 N–H and O–H groups in total. The SMILES string of the molecule is CCCCCC(N=[N+]=[N-])c1cc(OC)c2c(OC)ccc(OC)c2c1OC. The molecule has 146 valence electrons. The molecule has 0 amide bonds. The minimum absolute atomic E-state index is 0.356. The summed E-state index contributed by atoms with van der Waals surface area (Å²) in [5.74, 6) is 2.51. The van der Waals surface area contributed by atoms with Crippen LogP contribution in [0.25, 0.3) is 21.2 Å². The van der Waals surface area contributed by atoms with Crippen LogP contribution in [0.15, 0.2) is 23.3 Å². The largest absolute Gasteiger partial charge is 0.496 e. The van der Waals surface area contributed by atoms with Crippen molar-refractivity contribution >= 4 is 10.8 Å². The molecule has 0 aromatic heterocycles. The molecular formula is C20H27N3O4. The van der Waals surface area contributed by atoms with Crippen molar-refractivity contribution in [2.45, 2.75) is 38.6 Å². The van der Waals surface area contributed by atoms with Crippen molar-refractivity contribution < 1.29 is 18.9 Å². The van der Waals surface area contributed by atoms with Crippen molar-refractivity contribution in [3.8, 4) is 23.0 Å². The van der Waals surface area contributed by atoms with Gasteiger partial charge in [-0.05, 0) is 30.2 Å². The number of azide groups is 1. The van der Waals surface area contributed by atoms with Gasteiger partial charge in [-0.1, -0.05) is 31.3 Å². The molecule has 0 saturated heterocycles. The van der Waals surface area contributed by atoms with E-state index in [4.69, 9.17) is 24.5 Å². The Morgan fingerprint density at radius 2 is 1.56 bits per heavy atom. The number of methoxy groups -OCH3 is 4. The molecule has 0 radical (unpaired) electrons. The maximum absolute atomic E-state index is 9.08. The Kier molecular flexibility index (Phi) is 7.44. The molecule has 0 aliphatic heterocycles. The fourth-order valence-corrected chi connectivity index (χ4v) is 3.35. The number of rotatable bonds is 10. The molecule has 0 bridgehead atoms. The normalized spacial score (nSPS) is 11.6. The van der Waals surface area contributed by atoms with E-state index in [0.717, 1.165) is 42.0 Å². The van der Waals surface area contributed by atoms with Crippen molar-refractivity contribution in [1.29, 1.82) is 0 Å². The van der Waals surface area contributed by atoms with Gasteiger partial charge in [0.25, 0.3) is 0 Å². The summed E-state index contributed by atoms with van der Waals surface area (Å²) in [7, 11) is 6.41. The summed E-state index contributed by atoms with van der Waals surface area (Å²) >= 11 is 0. The molecule has 1 unspecified atom stereocenters. The Bertz CT molecular complexity index is 832. The fraction of sp³-hybridized carbons (Fsp3) is 0.500. The summed E-state index contributed by atoms with van der Waals surface area (Å²) in [6.45, 7) is 2.14. The highest BCUT2D eigenvalue weighted by atomic mass is 16.5. The topological polar surface area (TPSA) is 85.7 Å². The standard InChI is InChI=1S/C20H27N3O4/c1-6-7-8-9-14(22-23-21)13-12-17(26-4)18-15(24-2)10-11-16(25-3)19(18)20(13)27-5/h10-12,14H,6-9H2,1-5H3. The smallest absolute Gasteiger partial charge is 0.134 e. The number of fused-ring (bicyclic) bond motifs is 1. The first-order chi connectivity index (χ1) is 13.2. The van der Waals surface area contributed by atoms with E-state index in [2.05, 4.69) is 16.9 Å². The average Bonchev–Trinajstić information content (AvgIpc) is 2.71. The van der Waals surface area contributed by atoms with Crippen LogP contribution in [0.2, 0.25) is 0 Å². The van der Waals surface area contributed by atoms with Crippen LogP contribution in [0, 0.1) is 0 Å². The van der Waals surface area contributed by atoms with Gasteiger partial charge in [-0.3, -0.25) is 0 Å². The van der Waals surface area contributed by atoms with Gasteiger partial charge in [-0.2, -0.15) is 0 Å². The summed E-state index contributed by atoms with van der Waals surface area (Å²) in [5.41, 5.74) is 9.86. The van der Waals surface area contributed by atoms with Crippen LogP contribution in [-0.2, 0) is 0 Å². The minimum Gasteiger partial charge on any atom is -0.496 e. The second kappa shape index (κ2) is 9.78. The average molecular weight is 373 g/mol. The lowest BCUT2D eigenvalue weighted by molar-refractivity contribution is 0.386. The van der Waals surface area contributed by atoms with Gasteiger partial charge in [0.1, 0.15) is 23.0 Å². The van der Waals surface area contributed by atoms with Crippen LogP contribution in [0.1, 0.15) is 44.2 Å². The zero-order chi connectivity index (χ0) is 19.8. The molecular weight excluding hydrogens is 346 g/mol. The number of unbranched alkanes of at least 4 members (excludes halogenated alkanes) is 2. The van der Waals surface area contributed by atoms with Gasteiger partial charge in [0.05, 0.1) is 45.3 Å². The van der Waals surface area contributed by atoms with E-state index < -0.39 is 0 Å². The molecule has 2 aromatic rings. The summed E-state index contributed by atoms with van der Waals surface area (Å²) in [6.07, 6.45) is 3.85. The summed E-state index contributed by atoms with van der Waals surface area (Å²) in [4.78, 5) is 3.05. The molecule has 27 heavy (non-hydrogen) atoms. The van der Waals surface area contributed by atoms with Crippen molar-refractivity contribution in [1.82, 2.24) is 0 Å². The third kappa shape index (κ3) is 4.14. The van der Waals surface area contributed by atoms with E-state index in [0.29, 0.717) is 23.0 Å². The van der Waals surface area contributed by atoms with Crippen LogP contribution in [0.4, 0.5) is 0 Å². The molecule has 0 spiro atoms. The van der Waals surface area contributed by atoms with Gasteiger partial charge < -0.3 is 18.9 Å². The zero-order valence-corrected chi connectivity index (χ0v) is 16.6. The Balaban J connectivity index is 2.81. The monoisotopic (exact) mass is 373 g/mol. The number of benzene rings is 2. The summed E-state index contributed by atoms with van der Waals surface area (Å²) < 4.78 is 22.5. The molecule has 2 aromatic carbocycles. The lowest BCUT2D eigenvalue weighted by Crippen LogP contribution is -2.03. The van der Waals surface area contributed by atoms with Crippen LogP contribution in [0.3, 0.4) is 0 Å². The minimum atomic E-state index is -0.356. The van der Waals surface area contributed by atoms with E-state index in [1.165, 1.54) is 0 Å². The first-order valence-electron chi connectivity index (χ1n) is 9.00. The molecule has 0 heterocycles. The molecule has 1 atom stereocenters. The third-order valence-corrected chi connectivity index (χ3v) is 4.65. The van der Waals surface area contributed by atoms with Gasteiger partial charge in [-0.15, -0.1) is 0 Å². The number of hydrogen-bond donors (Lipinski definition) is 0. The van der Waals surface area contributed by atoms with E-state index >= 15 is 0 Å². The Morgan fingerprint density at radius 3 is 2.07 bits per heavy atom. The Morgan fingerprint density at radius 1 is 0.926 bits per heavy atom. The Hall–Kier alpha value is -2.79. The third-order valence-electron chi connectivity index (χ3n) is 4.65. The Labute approximate surface area is 159 Å². The quantitative estimate of drug-likeness (QED) is 0.228. The van der Waals surface area contributed by atoms with Crippen LogP contribution < -0.4 is 18.9 Å². The number of ether oxygens (including phenoxy) is 4. The highest BCUT2D eigenvalue weighted by molar-refractivity contribution is 6.03. The molecule has 0 aliphatic rings. The highest BCUT2D eigenvalue weighted by Gasteiger charge is 2.24. The molecule has 2 rings (SSSR count). The van der Waals surface area contributed by atoms with Crippen molar-refractivity contribution in [2.75, 3.05) is 28.4 Å². The molecule has 0 fully saturated rings. The van der Waals surface area contributed by atoms with E-state index in [1.807, 2.05) is 18.2 Å². The maximum Gasteiger partial charge on any atom is 0.134 e. The second-order valence-electron chi connectivity index (χ2n) is 6.14. The van der Waals surface area contributed by atoms with Gasteiger partial charge in [0.15, 0.2) is 0 Å². The molecule has 0 saturated carbocycles. The van der Waals surface area contributed by atoms with Crippen molar-refractivity contribution in [3.63, 3.8) is 0 Å². The van der Waals surface area contributed by atoms with E-state index in [-0.39, 0.29) is 6.04 Å². The molecule has 7 heteroatoms. The highest BCUT2D eigenvalue weighted by Crippen LogP contribution is 2.48.